The third kappa shape index (κ3) is 3.94. The van der Waals surface area contributed by atoms with Gasteiger partial charge in [0.05, 0.1) is 18.2 Å². The van der Waals surface area contributed by atoms with E-state index in [0.29, 0.717) is 19.6 Å². The molecular formula is C21H21ClN2O2S. The number of hydrogen-bond acceptors (Lipinski definition) is 4. The van der Waals surface area contributed by atoms with E-state index in [0.717, 1.165) is 63.4 Å². The van der Waals surface area contributed by atoms with Gasteiger partial charge in [-0.25, -0.2) is 0 Å². The van der Waals surface area contributed by atoms with Gasteiger partial charge >= 0.3 is 0 Å². The van der Waals surface area contributed by atoms with Crippen LogP contribution in [0.5, 0.6) is 11.5 Å². The molecule has 27 heavy (non-hydrogen) atoms. The molecule has 0 amide bonds. The van der Waals surface area contributed by atoms with Crippen molar-refractivity contribution in [2.75, 3.05) is 25.1 Å². The number of aliphatic imine (C=N–C) groups is 1. The Kier molecular flexibility index (Phi) is 5.32. The first-order valence-corrected chi connectivity index (χ1v) is 9.91. The van der Waals surface area contributed by atoms with E-state index in [1.807, 2.05) is 25.1 Å². The molecule has 2 aromatic rings. The summed E-state index contributed by atoms with van der Waals surface area (Å²) in [5.74, 6) is 1.63. The van der Waals surface area contributed by atoms with Gasteiger partial charge in [-0.05, 0) is 48.7 Å². The second kappa shape index (κ2) is 7.87. The standard InChI is InChI=1S/C21H21ClN2O2S/c1-13-16(22)4-2-5-17(13)24-21(27)12-18-15-11-20-19(25-8-3-9-26-20)10-14(15)6-7-23-18/h2,4-5,10-11H,3,6-9,12H2,1H3,(H,24,27). The highest BCUT2D eigenvalue weighted by Gasteiger charge is 2.21. The Labute approximate surface area is 169 Å². The molecule has 6 heteroatoms. The average molecular weight is 401 g/mol. The van der Waals surface area contributed by atoms with Crippen LogP contribution in [0.4, 0.5) is 5.69 Å². The second-order valence-corrected chi connectivity index (χ2v) is 7.62. The minimum atomic E-state index is 0.577. The van der Waals surface area contributed by atoms with Crippen molar-refractivity contribution in [3.63, 3.8) is 0 Å². The van der Waals surface area contributed by atoms with Crippen LogP contribution in [0.25, 0.3) is 0 Å². The van der Waals surface area contributed by atoms with Crippen LogP contribution >= 0.6 is 23.8 Å². The Hall–Kier alpha value is -2.11. The second-order valence-electron chi connectivity index (χ2n) is 6.72. The molecule has 0 aromatic heterocycles. The summed E-state index contributed by atoms with van der Waals surface area (Å²) in [6, 6.07) is 9.93. The van der Waals surface area contributed by atoms with Gasteiger partial charge in [0.25, 0.3) is 0 Å². The Morgan fingerprint density at radius 1 is 1.22 bits per heavy atom. The fraction of sp³-hybridized carbons (Fsp3) is 0.333. The fourth-order valence-corrected chi connectivity index (χ4v) is 3.78. The van der Waals surface area contributed by atoms with E-state index in [-0.39, 0.29) is 0 Å². The number of ether oxygens (including phenoxy) is 2. The highest BCUT2D eigenvalue weighted by molar-refractivity contribution is 7.80. The van der Waals surface area contributed by atoms with Gasteiger partial charge in [0.15, 0.2) is 11.5 Å². The molecule has 0 spiro atoms. The zero-order valence-corrected chi connectivity index (χ0v) is 16.8. The SMILES string of the molecule is Cc1c(Cl)cccc1NC(=S)CC1=NCCc2cc3c(cc21)OCCCO3. The van der Waals surface area contributed by atoms with Crippen LogP contribution in [-0.4, -0.2) is 30.5 Å². The summed E-state index contributed by atoms with van der Waals surface area (Å²) in [5.41, 5.74) is 5.26. The monoisotopic (exact) mass is 400 g/mol. The number of benzene rings is 2. The number of thiocarbonyl (C=S) groups is 1. The van der Waals surface area contributed by atoms with Crippen molar-refractivity contribution in [2.24, 2.45) is 4.99 Å². The predicted molar refractivity (Wildman–Crippen MR) is 114 cm³/mol. The van der Waals surface area contributed by atoms with Gasteiger partial charge in [0.2, 0.25) is 0 Å². The topological polar surface area (TPSA) is 42.9 Å². The van der Waals surface area contributed by atoms with E-state index >= 15 is 0 Å². The molecule has 0 unspecified atom stereocenters. The normalized spacial score (nSPS) is 15.4. The van der Waals surface area contributed by atoms with E-state index in [1.165, 1.54) is 5.56 Å². The lowest BCUT2D eigenvalue weighted by Gasteiger charge is -2.20. The molecule has 1 N–H and O–H groups in total. The maximum absolute atomic E-state index is 6.20. The van der Waals surface area contributed by atoms with Crippen LogP contribution in [-0.2, 0) is 6.42 Å². The molecule has 0 atom stereocenters. The quantitative estimate of drug-likeness (QED) is 0.737. The van der Waals surface area contributed by atoms with Crippen molar-refractivity contribution in [1.82, 2.24) is 0 Å². The smallest absolute Gasteiger partial charge is 0.161 e. The molecule has 0 saturated carbocycles. The molecule has 2 aliphatic heterocycles. The third-order valence-electron chi connectivity index (χ3n) is 4.84. The lowest BCUT2D eigenvalue weighted by molar-refractivity contribution is 0.297. The van der Waals surface area contributed by atoms with Crippen molar-refractivity contribution in [1.29, 1.82) is 0 Å². The number of halogens is 1. The van der Waals surface area contributed by atoms with Gasteiger partial charge in [-0.15, -0.1) is 0 Å². The summed E-state index contributed by atoms with van der Waals surface area (Å²) in [5, 5.41) is 4.04. The van der Waals surface area contributed by atoms with E-state index in [1.54, 1.807) is 0 Å². The van der Waals surface area contributed by atoms with Gasteiger partial charge in [0.1, 0.15) is 0 Å². The summed E-state index contributed by atoms with van der Waals surface area (Å²) in [4.78, 5) is 5.45. The molecular weight excluding hydrogens is 380 g/mol. The summed E-state index contributed by atoms with van der Waals surface area (Å²) in [6.07, 6.45) is 2.38. The molecule has 4 nitrogen and oxygen atoms in total. The molecule has 0 radical (unpaired) electrons. The number of nitrogens with one attached hydrogen (secondary N) is 1. The van der Waals surface area contributed by atoms with Gasteiger partial charge in [0, 0.05) is 41.4 Å². The highest BCUT2D eigenvalue weighted by atomic mass is 35.5. The van der Waals surface area contributed by atoms with E-state index < -0.39 is 0 Å². The number of hydrogen-bond donors (Lipinski definition) is 1. The lowest BCUT2D eigenvalue weighted by Crippen LogP contribution is -2.20. The van der Waals surface area contributed by atoms with E-state index in [2.05, 4.69) is 17.4 Å². The molecule has 0 saturated heterocycles. The van der Waals surface area contributed by atoms with Crippen molar-refractivity contribution < 1.29 is 9.47 Å². The van der Waals surface area contributed by atoms with E-state index in [4.69, 9.17) is 38.3 Å². The highest BCUT2D eigenvalue weighted by Crippen LogP contribution is 2.35. The first-order chi connectivity index (χ1) is 13.1. The van der Waals surface area contributed by atoms with Crippen LogP contribution in [0.1, 0.15) is 29.5 Å². The summed E-state index contributed by atoms with van der Waals surface area (Å²) < 4.78 is 11.7. The number of nitrogens with zero attached hydrogens (tertiary/aromatic N) is 1. The summed E-state index contributed by atoms with van der Waals surface area (Å²) in [6.45, 7) is 4.11. The first kappa shape index (κ1) is 18.3. The van der Waals surface area contributed by atoms with Crippen molar-refractivity contribution in [3.05, 3.63) is 52.0 Å². The third-order valence-corrected chi connectivity index (χ3v) is 5.49. The molecule has 2 aromatic carbocycles. The fourth-order valence-electron chi connectivity index (χ4n) is 3.36. The minimum Gasteiger partial charge on any atom is -0.490 e. The van der Waals surface area contributed by atoms with Gasteiger partial charge in [-0.2, -0.15) is 0 Å². The number of fused-ring (bicyclic) bond motifs is 2. The number of rotatable bonds is 3. The van der Waals surface area contributed by atoms with Crippen LogP contribution in [0.2, 0.25) is 5.02 Å². The van der Waals surface area contributed by atoms with Crippen LogP contribution in [0.3, 0.4) is 0 Å². The predicted octanol–water partition coefficient (Wildman–Crippen LogP) is 4.98. The van der Waals surface area contributed by atoms with Gasteiger partial charge in [-0.1, -0.05) is 29.9 Å². The molecule has 0 bridgehead atoms. The molecule has 140 valence electrons. The molecule has 2 heterocycles. The lowest BCUT2D eigenvalue weighted by atomic mass is 9.95. The van der Waals surface area contributed by atoms with E-state index in [9.17, 15) is 0 Å². The van der Waals surface area contributed by atoms with Crippen LogP contribution in [0.15, 0.2) is 35.3 Å². The average Bonchev–Trinajstić information content (AvgIpc) is 2.89. The van der Waals surface area contributed by atoms with Gasteiger partial charge < -0.3 is 14.8 Å². The minimum absolute atomic E-state index is 0.577. The molecule has 4 rings (SSSR count). The maximum Gasteiger partial charge on any atom is 0.161 e. The Morgan fingerprint density at radius 2 is 2.00 bits per heavy atom. The first-order valence-electron chi connectivity index (χ1n) is 9.13. The van der Waals surface area contributed by atoms with Crippen molar-refractivity contribution in [2.45, 2.75) is 26.2 Å². The van der Waals surface area contributed by atoms with Crippen molar-refractivity contribution >= 4 is 40.2 Å². The number of anilines is 1. The van der Waals surface area contributed by atoms with Crippen LogP contribution < -0.4 is 14.8 Å². The zero-order valence-electron chi connectivity index (χ0n) is 15.2. The molecule has 2 aliphatic rings. The summed E-state index contributed by atoms with van der Waals surface area (Å²) in [7, 11) is 0. The van der Waals surface area contributed by atoms with Gasteiger partial charge in [-0.3, -0.25) is 4.99 Å². The van der Waals surface area contributed by atoms with Crippen molar-refractivity contribution in [3.8, 4) is 11.5 Å². The zero-order chi connectivity index (χ0) is 18.8. The van der Waals surface area contributed by atoms with Crippen LogP contribution in [0, 0.1) is 6.92 Å². The summed E-state index contributed by atoms with van der Waals surface area (Å²) >= 11 is 11.8. The maximum atomic E-state index is 6.20. The Balaban J connectivity index is 1.55. The largest absolute Gasteiger partial charge is 0.490 e. The Bertz CT molecular complexity index is 927. The Morgan fingerprint density at radius 3 is 2.81 bits per heavy atom. The molecule has 0 aliphatic carbocycles. The molecule has 0 fully saturated rings.